The minimum Gasteiger partial charge on any atom is -0.321 e. The van der Waals surface area contributed by atoms with Gasteiger partial charge in [0.25, 0.3) is 0 Å². The van der Waals surface area contributed by atoms with Crippen LogP contribution >= 0.6 is 0 Å². The van der Waals surface area contributed by atoms with Crippen molar-refractivity contribution in [1.29, 1.82) is 0 Å². The number of halogens is 2. The fourth-order valence-electron chi connectivity index (χ4n) is 0.947. The van der Waals surface area contributed by atoms with Crippen LogP contribution in [0, 0.1) is 18.6 Å². The summed E-state index contributed by atoms with van der Waals surface area (Å²) in [6.45, 7) is 2.70. The molecule has 0 saturated carbocycles. The number of rotatable bonds is 1. The van der Waals surface area contributed by atoms with Gasteiger partial charge in [0.15, 0.2) is 5.82 Å². The lowest BCUT2D eigenvalue weighted by molar-refractivity contribution is -0.114. The molecular formula is C9H9F2NO. The van der Waals surface area contributed by atoms with Crippen molar-refractivity contribution in [3.63, 3.8) is 0 Å². The van der Waals surface area contributed by atoms with Crippen molar-refractivity contribution in [2.24, 2.45) is 0 Å². The molecule has 0 radical (unpaired) electrons. The Hall–Kier alpha value is -1.45. The number of benzene rings is 1. The molecule has 1 N–H and O–H groups in total. The molecule has 1 aromatic carbocycles. The molecule has 70 valence electrons. The fourth-order valence-corrected chi connectivity index (χ4v) is 0.947. The predicted octanol–water partition coefficient (Wildman–Crippen LogP) is 2.23. The molecular weight excluding hydrogens is 176 g/mol. The topological polar surface area (TPSA) is 29.1 Å². The van der Waals surface area contributed by atoms with Gasteiger partial charge in [-0.1, -0.05) is 6.07 Å². The second-order valence-corrected chi connectivity index (χ2v) is 2.73. The van der Waals surface area contributed by atoms with Crippen LogP contribution in [0.1, 0.15) is 12.5 Å². The summed E-state index contributed by atoms with van der Waals surface area (Å²) in [5.41, 5.74) is -0.0855. The quantitative estimate of drug-likeness (QED) is 0.714. The third-order valence-electron chi connectivity index (χ3n) is 1.59. The zero-order valence-corrected chi connectivity index (χ0v) is 7.32. The normalized spacial score (nSPS) is 9.85. The van der Waals surface area contributed by atoms with E-state index < -0.39 is 17.5 Å². The number of hydrogen-bond donors (Lipinski definition) is 1. The van der Waals surface area contributed by atoms with E-state index >= 15 is 0 Å². The van der Waals surface area contributed by atoms with E-state index in [1.807, 2.05) is 0 Å². The summed E-state index contributed by atoms with van der Waals surface area (Å²) in [5, 5.41) is 2.09. The second-order valence-electron chi connectivity index (χ2n) is 2.73. The highest BCUT2D eigenvalue weighted by atomic mass is 19.1. The first-order valence-corrected chi connectivity index (χ1v) is 3.74. The van der Waals surface area contributed by atoms with Crippen molar-refractivity contribution < 1.29 is 13.6 Å². The highest BCUT2D eigenvalue weighted by Crippen LogP contribution is 2.21. The summed E-state index contributed by atoms with van der Waals surface area (Å²) in [5.74, 6) is -1.99. The van der Waals surface area contributed by atoms with Crippen molar-refractivity contribution in [2.75, 3.05) is 5.32 Å². The van der Waals surface area contributed by atoms with Crippen molar-refractivity contribution >= 4 is 11.6 Å². The third-order valence-corrected chi connectivity index (χ3v) is 1.59. The number of aryl methyl sites for hydroxylation is 1. The number of carbonyl (C=O) groups excluding carboxylic acids is 1. The molecule has 0 aliphatic heterocycles. The van der Waals surface area contributed by atoms with Crippen LogP contribution in [0.15, 0.2) is 12.1 Å². The number of nitrogens with one attached hydrogen (secondary N) is 1. The average Bonchev–Trinajstić information content (AvgIpc) is 2.05. The molecule has 0 saturated heterocycles. The Bertz CT molecular complexity index is 350. The zero-order valence-electron chi connectivity index (χ0n) is 7.32. The van der Waals surface area contributed by atoms with Crippen LogP contribution in [-0.2, 0) is 4.79 Å². The summed E-state index contributed by atoms with van der Waals surface area (Å²) in [4.78, 5) is 10.6. The molecule has 0 atom stereocenters. The van der Waals surface area contributed by atoms with Crippen LogP contribution in [0.5, 0.6) is 0 Å². The van der Waals surface area contributed by atoms with Gasteiger partial charge in [0.05, 0.1) is 0 Å². The number of amides is 1. The van der Waals surface area contributed by atoms with Gasteiger partial charge in [-0.25, -0.2) is 8.78 Å². The molecule has 0 heterocycles. The maximum Gasteiger partial charge on any atom is 0.221 e. The van der Waals surface area contributed by atoms with Crippen LogP contribution in [-0.4, -0.2) is 5.91 Å². The maximum absolute atomic E-state index is 13.2. The summed E-state index contributed by atoms with van der Waals surface area (Å²) in [7, 11) is 0. The van der Waals surface area contributed by atoms with Gasteiger partial charge in [-0.3, -0.25) is 4.79 Å². The summed E-state index contributed by atoms with van der Waals surface area (Å²) in [6.07, 6.45) is 0. The average molecular weight is 185 g/mol. The van der Waals surface area contributed by atoms with Crippen LogP contribution in [0.2, 0.25) is 0 Å². The molecule has 1 aromatic rings. The standard InChI is InChI=1S/C9H9F2NO/c1-5-3-4-7(10)9(8(5)11)12-6(2)13/h3-4H,1-2H3,(H,12,13). The lowest BCUT2D eigenvalue weighted by atomic mass is 10.2. The molecule has 4 heteroatoms. The molecule has 1 rings (SSSR count). The summed E-state index contributed by atoms with van der Waals surface area (Å²) < 4.78 is 26.1. The Labute approximate surface area is 74.6 Å². The van der Waals surface area contributed by atoms with Crippen LogP contribution in [0.3, 0.4) is 0 Å². The van der Waals surface area contributed by atoms with E-state index in [0.29, 0.717) is 5.56 Å². The Morgan fingerprint density at radius 1 is 1.38 bits per heavy atom. The first-order valence-electron chi connectivity index (χ1n) is 3.74. The summed E-state index contributed by atoms with van der Waals surface area (Å²) in [6, 6.07) is 2.43. The van der Waals surface area contributed by atoms with Crippen LogP contribution in [0.4, 0.5) is 14.5 Å². The monoisotopic (exact) mass is 185 g/mol. The highest BCUT2D eigenvalue weighted by molar-refractivity contribution is 5.89. The van der Waals surface area contributed by atoms with Crippen molar-refractivity contribution in [3.8, 4) is 0 Å². The molecule has 2 nitrogen and oxygen atoms in total. The fraction of sp³-hybridized carbons (Fsp3) is 0.222. The lowest BCUT2D eigenvalue weighted by Crippen LogP contribution is -2.10. The van der Waals surface area contributed by atoms with Gasteiger partial charge >= 0.3 is 0 Å². The van der Waals surface area contributed by atoms with E-state index in [0.717, 1.165) is 6.07 Å². The largest absolute Gasteiger partial charge is 0.321 e. The van der Waals surface area contributed by atoms with Gasteiger partial charge in [-0.2, -0.15) is 0 Å². The minimum atomic E-state index is -0.765. The Morgan fingerprint density at radius 2 is 2.00 bits per heavy atom. The van der Waals surface area contributed by atoms with Gasteiger partial charge < -0.3 is 5.32 Å². The molecule has 13 heavy (non-hydrogen) atoms. The Kier molecular flexibility index (Phi) is 2.60. The molecule has 0 bridgehead atoms. The first kappa shape index (κ1) is 9.64. The molecule has 0 aliphatic carbocycles. The van der Waals surface area contributed by atoms with Gasteiger partial charge in [0.1, 0.15) is 11.5 Å². The molecule has 0 aliphatic rings. The van der Waals surface area contributed by atoms with E-state index in [4.69, 9.17) is 0 Å². The maximum atomic E-state index is 13.2. The molecule has 1 amide bonds. The van der Waals surface area contributed by atoms with Crippen molar-refractivity contribution in [1.82, 2.24) is 0 Å². The van der Waals surface area contributed by atoms with E-state index in [1.54, 1.807) is 0 Å². The number of hydrogen-bond acceptors (Lipinski definition) is 1. The first-order chi connectivity index (χ1) is 6.02. The number of anilines is 1. The molecule has 0 fully saturated rings. The van der Waals surface area contributed by atoms with Crippen LogP contribution in [0.25, 0.3) is 0 Å². The SMILES string of the molecule is CC(=O)Nc1c(F)ccc(C)c1F. The molecule has 0 aromatic heterocycles. The van der Waals surface area contributed by atoms with Crippen LogP contribution < -0.4 is 5.32 Å². The number of carbonyl (C=O) groups is 1. The van der Waals surface area contributed by atoms with Crippen molar-refractivity contribution in [2.45, 2.75) is 13.8 Å². The molecule has 0 unspecified atom stereocenters. The summed E-state index contributed by atoms with van der Waals surface area (Å²) >= 11 is 0. The van der Waals surface area contributed by atoms with Gasteiger partial charge in [-0.15, -0.1) is 0 Å². The van der Waals surface area contributed by atoms with Crippen molar-refractivity contribution in [3.05, 3.63) is 29.3 Å². The van der Waals surface area contributed by atoms with E-state index in [1.165, 1.54) is 19.9 Å². The van der Waals surface area contributed by atoms with Gasteiger partial charge in [-0.05, 0) is 18.6 Å². The Morgan fingerprint density at radius 3 is 2.54 bits per heavy atom. The Balaban J connectivity index is 3.17. The van der Waals surface area contributed by atoms with Gasteiger partial charge in [0, 0.05) is 6.92 Å². The van der Waals surface area contributed by atoms with E-state index in [2.05, 4.69) is 5.32 Å². The zero-order chi connectivity index (χ0) is 10.0. The lowest BCUT2D eigenvalue weighted by Gasteiger charge is -2.06. The predicted molar refractivity (Wildman–Crippen MR) is 45.4 cm³/mol. The minimum absolute atomic E-state index is 0.296. The second kappa shape index (κ2) is 3.51. The van der Waals surface area contributed by atoms with E-state index in [9.17, 15) is 13.6 Å². The third kappa shape index (κ3) is 2.02. The molecule has 0 spiro atoms. The van der Waals surface area contributed by atoms with Gasteiger partial charge in [0.2, 0.25) is 5.91 Å². The smallest absolute Gasteiger partial charge is 0.221 e. The van der Waals surface area contributed by atoms with E-state index in [-0.39, 0.29) is 5.69 Å². The highest BCUT2D eigenvalue weighted by Gasteiger charge is 2.11.